The topological polar surface area (TPSA) is 159 Å². The number of fused-ring (bicyclic) bond motifs is 1. The van der Waals surface area contributed by atoms with Crippen molar-refractivity contribution in [1.29, 1.82) is 5.41 Å². The summed E-state index contributed by atoms with van der Waals surface area (Å²) in [5.74, 6) is 2.93. The summed E-state index contributed by atoms with van der Waals surface area (Å²) in [5, 5.41) is 17.3. The van der Waals surface area contributed by atoms with E-state index in [-0.39, 0.29) is 41.2 Å². The molecule has 4 rings (SSSR count). The van der Waals surface area contributed by atoms with Crippen LogP contribution in [0.25, 0.3) is 5.57 Å². The Hall–Kier alpha value is -2.47. The fraction of sp³-hybridized carbons (Fsp3) is 0.609. The SMILES string of the molecule is CC/C=C(\C=N)c1cnc(C(=O)NC(C(=O)N2CC[C@H]3OCC(=O)[C@H]32)C2CCCCC2)s1.NO. The van der Waals surface area contributed by atoms with E-state index in [0.717, 1.165) is 49.0 Å². The molecular formula is C23H33N5O5S. The molecule has 10 nitrogen and oxygen atoms in total. The second-order valence-electron chi connectivity index (χ2n) is 8.67. The molecule has 2 saturated heterocycles. The monoisotopic (exact) mass is 491 g/mol. The van der Waals surface area contributed by atoms with Gasteiger partial charge in [0.25, 0.3) is 5.91 Å². The van der Waals surface area contributed by atoms with Crippen LogP contribution in [0.4, 0.5) is 0 Å². The molecule has 1 unspecified atom stereocenters. The van der Waals surface area contributed by atoms with Gasteiger partial charge in [-0.15, -0.1) is 11.3 Å². The lowest BCUT2D eigenvalue weighted by Gasteiger charge is -2.34. The van der Waals surface area contributed by atoms with Gasteiger partial charge in [-0.25, -0.2) is 10.9 Å². The molecule has 1 aliphatic carbocycles. The van der Waals surface area contributed by atoms with Gasteiger partial charge >= 0.3 is 0 Å². The number of hydrogen-bond donors (Lipinski definition) is 4. The van der Waals surface area contributed by atoms with Gasteiger partial charge in [0.1, 0.15) is 18.7 Å². The first-order valence-corrected chi connectivity index (χ1v) is 12.5. The van der Waals surface area contributed by atoms with E-state index in [0.29, 0.717) is 13.0 Å². The first kappa shape index (κ1) is 26.1. The Labute approximate surface area is 203 Å². The van der Waals surface area contributed by atoms with Crippen molar-refractivity contribution in [2.24, 2.45) is 11.8 Å². The van der Waals surface area contributed by atoms with E-state index >= 15 is 0 Å². The Morgan fingerprint density at radius 1 is 1.35 bits per heavy atom. The number of ether oxygens (including phenoxy) is 1. The minimum Gasteiger partial charge on any atom is -0.368 e. The molecule has 2 amide bonds. The summed E-state index contributed by atoms with van der Waals surface area (Å²) < 4.78 is 5.54. The number of aromatic nitrogens is 1. The van der Waals surface area contributed by atoms with Crippen LogP contribution in [-0.2, 0) is 14.3 Å². The van der Waals surface area contributed by atoms with Crippen LogP contribution in [0, 0.1) is 11.3 Å². The summed E-state index contributed by atoms with van der Waals surface area (Å²) in [6, 6.07) is -1.19. The van der Waals surface area contributed by atoms with Crippen molar-refractivity contribution >= 4 is 40.7 Å². The van der Waals surface area contributed by atoms with Crippen molar-refractivity contribution in [2.75, 3.05) is 13.2 Å². The molecule has 0 aromatic carbocycles. The van der Waals surface area contributed by atoms with Gasteiger partial charge in [-0.05, 0) is 31.6 Å². The molecule has 3 heterocycles. The van der Waals surface area contributed by atoms with Gasteiger partial charge in [0.05, 0.1) is 11.0 Å². The number of carbonyl (C=O) groups excluding carboxylic acids is 3. The maximum atomic E-state index is 13.6. The van der Waals surface area contributed by atoms with E-state index in [4.69, 9.17) is 15.4 Å². The summed E-state index contributed by atoms with van der Waals surface area (Å²) in [5.41, 5.74) is 0.729. The molecule has 3 aliphatic rings. The maximum absolute atomic E-state index is 13.6. The Morgan fingerprint density at radius 2 is 2.09 bits per heavy atom. The summed E-state index contributed by atoms with van der Waals surface area (Å²) in [6.07, 6.45) is 10.9. The van der Waals surface area contributed by atoms with E-state index in [1.807, 2.05) is 13.0 Å². The van der Waals surface area contributed by atoms with Crippen molar-refractivity contribution in [3.63, 3.8) is 0 Å². The number of likely N-dealkylation sites (tertiary alicyclic amines) is 1. The number of hydrogen-bond acceptors (Lipinski definition) is 9. The normalized spacial score (nSPS) is 23.7. The first-order chi connectivity index (χ1) is 16.5. The molecule has 5 N–H and O–H groups in total. The molecule has 34 heavy (non-hydrogen) atoms. The first-order valence-electron chi connectivity index (χ1n) is 11.7. The van der Waals surface area contributed by atoms with Crippen LogP contribution in [0.2, 0.25) is 0 Å². The molecule has 3 atom stereocenters. The third-order valence-electron chi connectivity index (χ3n) is 6.63. The van der Waals surface area contributed by atoms with Crippen molar-refractivity contribution in [1.82, 2.24) is 15.2 Å². The molecule has 186 valence electrons. The van der Waals surface area contributed by atoms with Crippen LogP contribution in [0.5, 0.6) is 0 Å². The number of carbonyl (C=O) groups is 3. The summed E-state index contributed by atoms with van der Waals surface area (Å²) >= 11 is 1.22. The van der Waals surface area contributed by atoms with Gasteiger partial charge in [0.2, 0.25) is 5.91 Å². The zero-order chi connectivity index (χ0) is 24.7. The van der Waals surface area contributed by atoms with Crippen LogP contribution in [0.15, 0.2) is 12.3 Å². The van der Waals surface area contributed by atoms with Crippen molar-refractivity contribution < 1.29 is 24.3 Å². The highest BCUT2D eigenvalue weighted by Gasteiger charge is 2.49. The molecule has 1 aromatic heterocycles. The van der Waals surface area contributed by atoms with Crippen molar-refractivity contribution in [3.8, 4) is 0 Å². The van der Waals surface area contributed by atoms with Gasteiger partial charge in [0, 0.05) is 24.5 Å². The molecule has 2 aliphatic heterocycles. The van der Waals surface area contributed by atoms with E-state index < -0.39 is 12.1 Å². The molecule has 11 heteroatoms. The highest BCUT2D eigenvalue weighted by molar-refractivity contribution is 7.15. The molecule has 3 fully saturated rings. The second-order valence-corrected chi connectivity index (χ2v) is 9.70. The number of nitrogens with one attached hydrogen (secondary N) is 2. The quantitative estimate of drug-likeness (QED) is 0.336. The number of ketones is 1. The van der Waals surface area contributed by atoms with E-state index in [1.54, 1.807) is 11.1 Å². The molecule has 1 aromatic rings. The smallest absolute Gasteiger partial charge is 0.280 e. The lowest BCUT2D eigenvalue weighted by molar-refractivity contribution is -0.139. The van der Waals surface area contributed by atoms with Gasteiger partial charge in [0.15, 0.2) is 10.8 Å². The maximum Gasteiger partial charge on any atom is 0.280 e. The van der Waals surface area contributed by atoms with Gasteiger partial charge in [-0.1, -0.05) is 32.3 Å². The Balaban J connectivity index is 0.00000158. The van der Waals surface area contributed by atoms with Crippen LogP contribution in [0.1, 0.15) is 66.5 Å². The predicted octanol–water partition coefficient (Wildman–Crippen LogP) is 2.17. The molecule has 1 saturated carbocycles. The number of thiazole rings is 1. The van der Waals surface area contributed by atoms with Crippen molar-refractivity contribution in [3.05, 3.63) is 22.2 Å². The fourth-order valence-electron chi connectivity index (χ4n) is 5.03. The summed E-state index contributed by atoms with van der Waals surface area (Å²) in [7, 11) is 0. The number of amides is 2. The average molecular weight is 492 g/mol. The third kappa shape index (κ3) is 5.60. The van der Waals surface area contributed by atoms with Crippen molar-refractivity contribution in [2.45, 2.75) is 70.1 Å². The highest BCUT2D eigenvalue weighted by atomic mass is 32.1. The van der Waals surface area contributed by atoms with Crippen LogP contribution in [0.3, 0.4) is 0 Å². The Kier molecular flexibility index (Phi) is 9.45. The van der Waals surface area contributed by atoms with Crippen LogP contribution >= 0.6 is 11.3 Å². The summed E-state index contributed by atoms with van der Waals surface area (Å²) in [4.78, 5) is 45.6. The van der Waals surface area contributed by atoms with Crippen LogP contribution < -0.4 is 11.2 Å². The fourth-order valence-corrected chi connectivity index (χ4v) is 5.87. The third-order valence-corrected chi connectivity index (χ3v) is 7.68. The summed E-state index contributed by atoms with van der Waals surface area (Å²) in [6.45, 7) is 2.52. The van der Waals surface area contributed by atoms with Gasteiger partial charge < -0.3 is 25.6 Å². The molecular weight excluding hydrogens is 458 g/mol. The number of nitrogens with two attached hydrogens (primary N) is 1. The van der Waals surface area contributed by atoms with E-state index in [9.17, 15) is 14.4 Å². The number of rotatable bonds is 7. The Bertz CT molecular complexity index is 927. The van der Waals surface area contributed by atoms with E-state index in [2.05, 4.69) is 16.2 Å². The lowest BCUT2D eigenvalue weighted by Crippen LogP contribution is -2.55. The van der Waals surface area contributed by atoms with Gasteiger partial charge in [-0.2, -0.15) is 0 Å². The highest BCUT2D eigenvalue weighted by Crippen LogP contribution is 2.32. The zero-order valence-corrected chi connectivity index (χ0v) is 20.2. The molecule has 0 radical (unpaired) electrons. The Morgan fingerprint density at radius 3 is 2.76 bits per heavy atom. The lowest BCUT2D eigenvalue weighted by atomic mass is 9.83. The zero-order valence-electron chi connectivity index (χ0n) is 19.4. The number of Topliss-reactive ketones (excluding diaryl/α,β-unsaturated/α-hetero) is 1. The minimum atomic E-state index is -0.671. The minimum absolute atomic E-state index is 0.0493. The molecule has 0 spiro atoms. The van der Waals surface area contributed by atoms with Gasteiger partial charge in [-0.3, -0.25) is 14.4 Å². The van der Waals surface area contributed by atoms with E-state index in [1.165, 1.54) is 17.6 Å². The average Bonchev–Trinajstić information content (AvgIpc) is 3.61. The predicted molar refractivity (Wildman–Crippen MR) is 128 cm³/mol. The number of nitrogens with zero attached hydrogens (tertiary/aromatic N) is 2. The standard InChI is InChI=1S/C23H30N4O4S.H3NO/c1-2-6-15(11-24)18-12-25-22(32-18)21(29)26-19(14-7-4-3-5-8-14)23(30)27-10-9-17-20(27)16(28)13-31-17;1-2/h6,11-12,14,17,19-20,24H,2-5,7-10,13H2,1H3,(H,26,29);2H,1H2/b15-6+,24-11?;/t17-,19?,20-;/m1./s1. The second kappa shape index (κ2) is 12.3. The largest absolute Gasteiger partial charge is 0.368 e. The molecule has 0 bridgehead atoms. The number of allylic oxidation sites excluding steroid dienone is 2. The van der Waals surface area contributed by atoms with Crippen LogP contribution in [-0.4, -0.2) is 70.2 Å².